The lowest BCUT2D eigenvalue weighted by Gasteiger charge is -2.45. The summed E-state index contributed by atoms with van der Waals surface area (Å²) in [5.74, 6) is 4.51. The first-order valence-corrected chi connectivity index (χ1v) is 32.3. The van der Waals surface area contributed by atoms with Gasteiger partial charge in [0.15, 0.2) is 17.5 Å². The molecule has 0 fully saturated rings. The van der Waals surface area contributed by atoms with Gasteiger partial charge in [0.2, 0.25) is 0 Å². The van der Waals surface area contributed by atoms with Crippen LogP contribution >= 0.6 is 0 Å². The molecule has 13 aromatic carbocycles. The van der Waals surface area contributed by atoms with E-state index in [0.717, 1.165) is 134 Å². The van der Waals surface area contributed by atoms with Gasteiger partial charge in [0.1, 0.15) is 0 Å². The van der Waals surface area contributed by atoms with Crippen molar-refractivity contribution in [3.8, 4) is 108 Å². The number of anilines is 5. The fourth-order valence-corrected chi connectivity index (χ4v) is 14.5. The quantitative estimate of drug-likeness (QED) is 0.0693. The van der Waals surface area contributed by atoms with Gasteiger partial charge in [0, 0.05) is 67.0 Å². The predicted octanol–water partition coefficient (Wildman–Crippen LogP) is 20.1. The molecule has 0 spiro atoms. The molecule has 0 N–H and O–H groups in total. The molecule has 7 heteroatoms. The van der Waals surface area contributed by atoms with Gasteiger partial charge in [-0.3, -0.25) is 0 Å². The predicted molar refractivity (Wildman–Crippen MR) is 397 cm³/mol. The Kier molecular flexibility index (Phi) is 14.2. The van der Waals surface area contributed by atoms with Crippen LogP contribution in [0.4, 0.5) is 28.4 Å². The number of allylic oxidation sites excluding steroid dienone is 3. The Hall–Kier alpha value is -12.6. The molecule has 0 saturated heterocycles. The Morgan fingerprint density at radius 1 is 0.368 bits per heavy atom. The summed E-state index contributed by atoms with van der Waals surface area (Å²) in [7, 11) is 0. The molecule has 17 rings (SSSR count). The highest BCUT2D eigenvalue weighted by atomic mass is 15.2. The summed E-state index contributed by atoms with van der Waals surface area (Å²) in [5.41, 5.74) is 27.1. The van der Waals surface area contributed by atoms with Crippen LogP contribution in [0.5, 0.6) is 0 Å². The molecular weight excluding hydrogens is 1150 g/mol. The molecule has 2 aliphatic rings. The zero-order chi connectivity index (χ0) is 63.3. The van der Waals surface area contributed by atoms with Crippen molar-refractivity contribution in [1.82, 2.24) is 19.5 Å². The third-order valence-corrected chi connectivity index (χ3v) is 18.7. The molecule has 2 aromatic heterocycles. The fraction of sp³-hybridized carbons (Fsp3) is 0.0114. The molecule has 6 nitrogen and oxygen atoms in total. The van der Waals surface area contributed by atoms with Gasteiger partial charge < -0.3 is 14.4 Å². The molecule has 0 unspecified atom stereocenters. The Morgan fingerprint density at radius 3 is 1.37 bits per heavy atom. The molecule has 15 aromatic rings. The van der Waals surface area contributed by atoms with Crippen LogP contribution in [-0.2, 0) is 0 Å². The number of fused-ring (bicyclic) bond motifs is 7. The van der Waals surface area contributed by atoms with E-state index in [0.29, 0.717) is 17.5 Å². The van der Waals surface area contributed by atoms with Crippen LogP contribution in [0.15, 0.2) is 339 Å². The first kappa shape index (κ1) is 56.4. The smallest absolute Gasteiger partial charge is 0.252 e. The lowest BCUT2D eigenvalue weighted by molar-refractivity contribution is 1.06. The van der Waals surface area contributed by atoms with Crippen LogP contribution in [-0.4, -0.2) is 26.2 Å². The van der Waals surface area contributed by atoms with Crippen LogP contribution in [0.1, 0.15) is 6.92 Å². The van der Waals surface area contributed by atoms with Crippen molar-refractivity contribution >= 4 is 73.3 Å². The Bertz CT molecular complexity index is 5420. The number of hydrogen-bond acceptors (Lipinski definition) is 5. The summed E-state index contributed by atoms with van der Waals surface area (Å²) in [4.78, 5) is 20.9. The molecule has 2 aliphatic heterocycles. The molecule has 444 valence electrons. The maximum Gasteiger partial charge on any atom is 0.252 e. The molecule has 0 aliphatic carbocycles. The van der Waals surface area contributed by atoms with E-state index in [9.17, 15) is 0 Å². The first-order chi connectivity index (χ1) is 47.1. The average molecular weight is 1210 g/mol. The zero-order valence-electron chi connectivity index (χ0n) is 52.1. The van der Waals surface area contributed by atoms with Gasteiger partial charge in [-0.2, -0.15) is 0 Å². The topological polar surface area (TPSA) is 50.1 Å². The molecule has 4 heterocycles. The Labute approximate surface area is 553 Å². The van der Waals surface area contributed by atoms with Gasteiger partial charge in [-0.15, -0.1) is 6.42 Å². The molecule has 0 radical (unpaired) electrons. The van der Waals surface area contributed by atoms with Gasteiger partial charge in [0.05, 0.1) is 22.4 Å². The molecule has 95 heavy (non-hydrogen) atoms. The van der Waals surface area contributed by atoms with E-state index >= 15 is 0 Å². The Morgan fingerprint density at radius 2 is 0.811 bits per heavy atom. The molecule has 0 bridgehead atoms. The minimum atomic E-state index is -0.0538. The minimum Gasteiger partial charge on any atom is -0.312 e. The van der Waals surface area contributed by atoms with E-state index in [1.807, 2.05) is 42.5 Å². The zero-order valence-corrected chi connectivity index (χ0v) is 52.1. The standard InChI is InChI=1S/C88H59BN6/c1-3-5-40-69(4-2)93-80-47-23-21-45-76(80)89-77-46-22-24-48-81(77)94(70-41-19-10-20-42-70)85-72(51-54-82(93)83(85)89)68-39-26-37-64(56-68)63-36-25-38-67(55-63)71-43-27-44-73(88-91-86(61-32-15-8-16-33-61)90-87(92-88)62-34-17-9-18-35-62)84(71)95-78-52-49-65(59-28-11-6-12-29-59)57-74(78)75-58-66(50-53-79(75)95)60-30-13-7-14-31-60/h1,4-58H,2H3/b40-5-,69-4+. The SMILES string of the molecule is C#C/C=C\C(=C/C)N1c2ccccc2B2c3ccccc3N(c3ccccc3)c3c(-c4cccc(-c5cccc(-c6cccc(-c7nc(-c8ccccc8)nc(-c8ccccc8)n7)c6-n6c7ccc(-c8ccccc8)cc7c7cc(-c8ccccc8)ccc76)c5)c4)ccc1c32. The molecule has 0 amide bonds. The fourth-order valence-electron chi connectivity index (χ4n) is 14.5. The van der Waals surface area contributed by atoms with Gasteiger partial charge in [-0.1, -0.05) is 255 Å². The number of para-hydroxylation sites is 4. The lowest BCUT2D eigenvalue weighted by atomic mass is 9.33. The molecule has 0 atom stereocenters. The summed E-state index contributed by atoms with van der Waals surface area (Å²) in [6, 6.07) is 114. The van der Waals surface area contributed by atoms with Crippen molar-refractivity contribution in [1.29, 1.82) is 0 Å². The van der Waals surface area contributed by atoms with E-state index in [2.05, 4.69) is 312 Å². The van der Waals surface area contributed by atoms with E-state index in [4.69, 9.17) is 21.4 Å². The van der Waals surface area contributed by atoms with E-state index in [1.54, 1.807) is 6.08 Å². The number of aromatic nitrogens is 4. The minimum absolute atomic E-state index is 0.0538. The van der Waals surface area contributed by atoms with E-state index < -0.39 is 0 Å². The van der Waals surface area contributed by atoms with Gasteiger partial charge in [-0.25, -0.2) is 15.0 Å². The second-order valence-electron chi connectivity index (χ2n) is 24.1. The van der Waals surface area contributed by atoms with Crippen LogP contribution in [0.2, 0.25) is 0 Å². The first-order valence-electron chi connectivity index (χ1n) is 32.3. The summed E-state index contributed by atoms with van der Waals surface area (Å²) in [6.07, 6.45) is 11.9. The number of hydrogen-bond donors (Lipinski definition) is 0. The third-order valence-electron chi connectivity index (χ3n) is 18.7. The molecule has 0 saturated carbocycles. The number of nitrogens with zero attached hydrogens (tertiary/aromatic N) is 6. The normalized spacial score (nSPS) is 12.4. The highest BCUT2D eigenvalue weighted by molar-refractivity contribution is 7.00. The lowest BCUT2D eigenvalue weighted by Crippen LogP contribution is -2.61. The number of rotatable bonds is 12. The van der Waals surface area contributed by atoms with Crippen molar-refractivity contribution < 1.29 is 0 Å². The van der Waals surface area contributed by atoms with Gasteiger partial charge >= 0.3 is 0 Å². The van der Waals surface area contributed by atoms with E-state index in [1.165, 1.54) is 16.4 Å². The maximum absolute atomic E-state index is 5.92. The van der Waals surface area contributed by atoms with E-state index in [-0.39, 0.29) is 6.71 Å². The van der Waals surface area contributed by atoms with Crippen molar-refractivity contribution in [3.05, 3.63) is 339 Å². The second kappa shape index (κ2) is 23.9. The van der Waals surface area contributed by atoms with Gasteiger partial charge in [-0.05, 0) is 153 Å². The second-order valence-corrected chi connectivity index (χ2v) is 24.1. The third kappa shape index (κ3) is 9.83. The summed E-state index contributed by atoms with van der Waals surface area (Å²) < 4.78 is 2.45. The maximum atomic E-state index is 5.92. The van der Waals surface area contributed by atoms with Crippen LogP contribution < -0.4 is 26.2 Å². The highest BCUT2D eigenvalue weighted by Crippen LogP contribution is 2.49. The van der Waals surface area contributed by atoms with Crippen molar-refractivity contribution in [2.45, 2.75) is 6.92 Å². The van der Waals surface area contributed by atoms with Crippen molar-refractivity contribution in [2.24, 2.45) is 0 Å². The largest absolute Gasteiger partial charge is 0.312 e. The average Bonchev–Trinajstić information content (AvgIpc) is 1.25. The van der Waals surface area contributed by atoms with Crippen LogP contribution in [0, 0.1) is 12.3 Å². The van der Waals surface area contributed by atoms with Gasteiger partial charge in [0.25, 0.3) is 6.71 Å². The monoisotopic (exact) mass is 1210 g/mol. The van der Waals surface area contributed by atoms with Crippen LogP contribution in [0.25, 0.3) is 117 Å². The Balaban J connectivity index is 0.885. The molecular formula is C88H59BN6. The summed E-state index contributed by atoms with van der Waals surface area (Å²) in [5, 5.41) is 2.27. The summed E-state index contributed by atoms with van der Waals surface area (Å²) >= 11 is 0. The summed E-state index contributed by atoms with van der Waals surface area (Å²) in [6.45, 7) is 2.03. The van der Waals surface area contributed by atoms with Crippen molar-refractivity contribution in [2.75, 3.05) is 9.80 Å². The number of terminal acetylenes is 1. The highest BCUT2D eigenvalue weighted by Gasteiger charge is 2.44. The van der Waals surface area contributed by atoms with Crippen LogP contribution in [0.3, 0.4) is 0 Å². The number of benzene rings is 13. The van der Waals surface area contributed by atoms with Crippen molar-refractivity contribution in [3.63, 3.8) is 0 Å².